The van der Waals surface area contributed by atoms with Crippen LogP contribution >= 0.6 is 24.0 Å². The number of rotatable bonds is 5. The van der Waals surface area contributed by atoms with Crippen LogP contribution < -0.4 is 10.6 Å². The Hall–Kier alpha value is -0.770. The molecule has 0 saturated carbocycles. The first-order chi connectivity index (χ1) is 8.68. The summed E-state index contributed by atoms with van der Waals surface area (Å²) < 4.78 is 0. The van der Waals surface area contributed by atoms with E-state index < -0.39 is 0 Å². The van der Waals surface area contributed by atoms with E-state index in [0.717, 1.165) is 30.1 Å². The molecule has 1 aromatic carbocycles. The van der Waals surface area contributed by atoms with Gasteiger partial charge in [0.25, 0.3) is 0 Å². The van der Waals surface area contributed by atoms with Crippen molar-refractivity contribution in [1.82, 2.24) is 10.6 Å². The number of hydrogen-bond donors (Lipinski definition) is 2. The second kappa shape index (κ2) is 7.73. The van der Waals surface area contributed by atoms with E-state index in [9.17, 15) is 4.79 Å². The minimum atomic E-state index is 0. The lowest BCUT2D eigenvalue weighted by Gasteiger charge is -2.31. The van der Waals surface area contributed by atoms with Gasteiger partial charge in [-0.25, -0.2) is 0 Å². The van der Waals surface area contributed by atoms with Crippen molar-refractivity contribution in [1.29, 1.82) is 0 Å². The third-order valence-corrected chi connectivity index (χ3v) is 3.95. The fourth-order valence-corrected chi connectivity index (χ4v) is 2.29. The third kappa shape index (κ3) is 4.37. The average Bonchev–Trinajstić information content (AvgIpc) is 2.29. The van der Waals surface area contributed by atoms with Crippen molar-refractivity contribution >= 4 is 29.9 Å². The number of carbonyl (C=O) groups is 1. The zero-order valence-electron chi connectivity index (χ0n) is 11.0. The van der Waals surface area contributed by atoms with Crippen LogP contribution in [-0.4, -0.2) is 25.5 Å². The van der Waals surface area contributed by atoms with Crippen LogP contribution in [0.25, 0.3) is 0 Å². The topological polar surface area (TPSA) is 41.1 Å². The maximum atomic E-state index is 11.9. The molecular formula is C14H20Cl2N2O. The molecule has 1 unspecified atom stereocenters. The van der Waals surface area contributed by atoms with Crippen LogP contribution in [0.1, 0.15) is 12.5 Å². The largest absolute Gasteiger partial charge is 0.356 e. The highest BCUT2D eigenvalue weighted by Crippen LogP contribution is 2.17. The molecule has 1 aliphatic heterocycles. The van der Waals surface area contributed by atoms with E-state index in [-0.39, 0.29) is 24.2 Å². The molecule has 1 amide bonds. The summed E-state index contributed by atoms with van der Waals surface area (Å²) in [7, 11) is 0. The Morgan fingerprint density at radius 2 is 2.16 bits per heavy atom. The number of amides is 1. The summed E-state index contributed by atoms with van der Waals surface area (Å²) in [6, 6.07) is 7.75. The van der Waals surface area contributed by atoms with Gasteiger partial charge in [0.2, 0.25) is 5.91 Å². The Balaban J connectivity index is 0.00000180. The molecular weight excluding hydrogens is 283 g/mol. The van der Waals surface area contributed by atoms with Crippen LogP contribution in [0.4, 0.5) is 0 Å². The Kier molecular flexibility index (Phi) is 6.63. The zero-order valence-corrected chi connectivity index (χ0v) is 12.6. The van der Waals surface area contributed by atoms with Crippen molar-refractivity contribution in [2.24, 2.45) is 11.8 Å². The fraction of sp³-hybridized carbons (Fsp3) is 0.500. The normalized spacial score (nSPS) is 16.1. The van der Waals surface area contributed by atoms with Gasteiger partial charge in [-0.1, -0.05) is 36.7 Å². The minimum absolute atomic E-state index is 0. The first-order valence-corrected chi connectivity index (χ1v) is 6.78. The van der Waals surface area contributed by atoms with Gasteiger partial charge in [-0.3, -0.25) is 4.79 Å². The number of nitrogens with one attached hydrogen (secondary N) is 2. The van der Waals surface area contributed by atoms with E-state index in [4.69, 9.17) is 11.6 Å². The molecule has 1 atom stereocenters. The van der Waals surface area contributed by atoms with E-state index in [2.05, 4.69) is 10.6 Å². The van der Waals surface area contributed by atoms with E-state index in [1.54, 1.807) is 0 Å². The number of benzene rings is 1. The molecule has 106 valence electrons. The minimum Gasteiger partial charge on any atom is -0.356 e. The van der Waals surface area contributed by atoms with Gasteiger partial charge in [0.05, 0.1) is 0 Å². The summed E-state index contributed by atoms with van der Waals surface area (Å²) in [5, 5.41) is 6.94. The Bertz CT molecular complexity index is 422. The van der Waals surface area contributed by atoms with Crippen LogP contribution in [0.3, 0.4) is 0 Å². The van der Waals surface area contributed by atoms with Gasteiger partial charge in [0.15, 0.2) is 0 Å². The second-order valence-corrected chi connectivity index (χ2v) is 5.25. The quantitative estimate of drug-likeness (QED) is 0.876. The van der Waals surface area contributed by atoms with Crippen molar-refractivity contribution in [3.8, 4) is 0 Å². The van der Waals surface area contributed by atoms with Crippen molar-refractivity contribution in [2.45, 2.75) is 13.3 Å². The van der Waals surface area contributed by atoms with Gasteiger partial charge in [-0.05, 0) is 37.1 Å². The molecule has 1 aliphatic rings. The van der Waals surface area contributed by atoms with E-state index in [1.807, 2.05) is 31.2 Å². The van der Waals surface area contributed by atoms with Gasteiger partial charge in [0.1, 0.15) is 0 Å². The fourth-order valence-electron chi connectivity index (χ4n) is 2.06. The molecule has 0 aliphatic carbocycles. The Morgan fingerprint density at radius 3 is 2.74 bits per heavy atom. The molecule has 2 rings (SSSR count). The molecule has 0 bridgehead atoms. The van der Waals surface area contributed by atoms with Crippen LogP contribution in [0.2, 0.25) is 5.02 Å². The van der Waals surface area contributed by atoms with Crippen molar-refractivity contribution in [3.63, 3.8) is 0 Å². The smallest absolute Gasteiger partial charge is 0.223 e. The molecule has 5 heteroatoms. The molecule has 2 N–H and O–H groups in total. The lowest BCUT2D eigenvalue weighted by atomic mass is 9.88. The summed E-state index contributed by atoms with van der Waals surface area (Å²) in [4.78, 5) is 11.9. The first-order valence-electron chi connectivity index (χ1n) is 6.40. The van der Waals surface area contributed by atoms with Crippen molar-refractivity contribution < 1.29 is 4.79 Å². The molecule has 1 saturated heterocycles. The third-order valence-electron chi connectivity index (χ3n) is 3.59. The highest BCUT2D eigenvalue weighted by atomic mass is 35.5. The highest BCUT2D eigenvalue weighted by Gasteiger charge is 2.28. The van der Waals surface area contributed by atoms with E-state index in [0.29, 0.717) is 12.5 Å². The molecule has 1 aromatic rings. The van der Waals surface area contributed by atoms with E-state index in [1.165, 1.54) is 0 Å². The average molecular weight is 303 g/mol. The summed E-state index contributed by atoms with van der Waals surface area (Å²) in [5.74, 6) is 0.733. The van der Waals surface area contributed by atoms with Gasteiger partial charge in [-0.15, -0.1) is 12.4 Å². The molecule has 3 nitrogen and oxygen atoms in total. The maximum absolute atomic E-state index is 11.9. The van der Waals surface area contributed by atoms with Crippen LogP contribution in [0, 0.1) is 11.8 Å². The Morgan fingerprint density at radius 1 is 1.47 bits per heavy atom. The summed E-state index contributed by atoms with van der Waals surface area (Å²) in [6.45, 7) is 4.56. The van der Waals surface area contributed by atoms with Gasteiger partial charge in [-0.2, -0.15) is 0 Å². The zero-order chi connectivity index (χ0) is 13.0. The number of hydrogen-bond acceptors (Lipinski definition) is 2. The maximum Gasteiger partial charge on any atom is 0.223 e. The molecule has 19 heavy (non-hydrogen) atoms. The number of halogens is 2. The summed E-state index contributed by atoms with van der Waals surface area (Å²) in [6.07, 6.45) is 0.779. The molecule has 1 fully saturated rings. The van der Waals surface area contributed by atoms with E-state index >= 15 is 0 Å². The molecule has 0 aromatic heterocycles. The van der Waals surface area contributed by atoms with Crippen molar-refractivity contribution in [3.05, 3.63) is 34.9 Å². The first kappa shape index (κ1) is 16.3. The number of carbonyl (C=O) groups excluding carboxylic acids is 1. The van der Waals surface area contributed by atoms with Gasteiger partial charge in [0, 0.05) is 17.5 Å². The lowest BCUT2D eigenvalue weighted by molar-refractivity contribution is -0.126. The van der Waals surface area contributed by atoms with Crippen molar-refractivity contribution in [2.75, 3.05) is 19.6 Å². The summed E-state index contributed by atoms with van der Waals surface area (Å²) >= 11 is 6.06. The second-order valence-electron chi connectivity index (χ2n) is 4.84. The molecule has 0 radical (unpaired) electrons. The Labute approximate surface area is 125 Å². The highest BCUT2D eigenvalue weighted by molar-refractivity contribution is 6.31. The molecule has 0 spiro atoms. The van der Waals surface area contributed by atoms with Crippen LogP contribution in [-0.2, 0) is 11.2 Å². The van der Waals surface area contributed by atoms with Gasteiger partial charge < -0.3 is 10.6 Å². The van der Waals surface area contributed by atoms with Gasteiger partial charge >= 0.3 is 0 Å². The van der Waals surface area contributed by atoms with Crippen LogP contribution in [0.5, 0.6) is 0 Å². The molecule has 1 heterocycles. The predicted molar refractivity (Wildman–Crippen MR) is 80.9 cm³/mol. The standard InChI is InChI=1S/C14H19ClN2O.ClH/c1-10(12-8-16-9-12)14(18)17-7-6-11-4-2-3-5-13(11)15;/h2-5,10,12,16H,6-9H2,1H3,(H,17,18);1H. The lowest BCUT2D eigenvalue weighted by Crippen LogP contribution is -2.49. The summed E-state index contributed by atoms with van der Waals surface area (Å²) in [5.41, 5.74) is 1.08. The SMILES string of the molecule is CC(C(=O)NCCc1ccccc1Cl)C1CNC1.Cl. The van der Waals surface area contributed by atoms with Crippen LogP contribution in [0.15, 0.2) is 24.3 Å². The monoisotopic (exact) mass is 302 g/mol. The predicted octanol–water partition coefficient (Wildman–Crippen LogP) is 2.28.